The lowest BCUT2D eigenvalue weighted by Crippen LogP contribution is -2.53. The summed E-state index contributed by atoms with van der Waals surface area (Å²) in [6.45, 7) is 5.06. The molecular weight excluding hydrogens is 481 g/mol. The molecule has 10 heteroatoms. The van der Waals surface area contributed by atoms with Gasteiger partial charge >= 0.3 is 0 Å². The normalized spacial score (nSPS) is 13.1. The monoisotopic (exact) mass is 511 g/mol. The van der Waals surface area contributed by atoms with Crippen molar-refractivity contribution >= 4 is 39.1 Å². The number of benzene rings is 2. The minimum absolute atomic E-state index is 0.0126. The lowest BCUT2D eigenvalue weighted by Gasteiger charge is -2.33. The van der Waals surface area contributed by atoms with E-state index in [9.17, 15) is 22.4 Å². The molecule has 0 saturated carbocycles. The Labute approximate surface area is 205 Å². The topological polar surface area (TPSA) is 86.8 Å². The maximum absolute atomic E-state index is 13.5. The number of rotatable bonds is 11. The van der Waals surface area contributed by atoms with Crippen LogP contribution < -0.4 is 9.62 Å². The predicted molar refractivity (Wildman–Crippen MR) is 133 cm³/mol. The fourth-order valence-electron chi connectivity index (χ4n) is 3.39. The molecule has 0 bridgehead atoms. The third kappa shape index (κ3) is 7.70. The van der Waals surface area contributed by atoms with E-state index in [1.54, 1.807) is 19.1 Å². The number of hydrogen-bond acceptors (Lipinski definition) is 4. The number of halogens is 2. The van der Waals surface area contributed by atoms with Gasteiger partial charge in [0.1, 0.15) is 18.4 Å². The quantitative estimate of drug-likeness (QED) is 0.494. The van der Waals surface area contributed by atoms with E-state index in [-0.39, 0.29) is 24.2 Å². The summed E-state index contributed by atoms with van der Waals surface area (Å²) >= 11 is 6.03. The number of nitrogens with one attached hydrogen (secondary N) is 1. The van der Waals surface area contributed by atoms with Crippen molar-refractivity contribution in [1.82, 2.24) is 10.2 Å². The molecule has 0 radical (unpaired) electrons. The van der Waals surface area contributed by atoms with Crippen LogP contribution in [0.25, 0.3) is 0 Å². The number of carbonyl (C=O) groups is 2. The van der Waals surface area contributed by atoms with E-state index in [0.29, 0.717) is 23.4 Å². The van der Waals surface area contributed by atoms with Gasteiger partial charge in [-0.15, -0.1) is 0 Å². The van der Waals surface area contributed by atoms with Gasteiger partial charge in [-0.25, -0.2) is 12.8 Å². The first-order chi connectivity index (χ1) is 16.0. The highest BCUT2D eigenvalue weighted by atomic mass is 35.5. The Morgan fingerprint density at radius 1 is 1.09 bits per heavy atom. The van der Waals surface area contributed by atoms with Gasteiger partial charge in [-0.1, -0.05) is 43.6 Å². The molecule has 7 nitrogen and oxygen atoms in total. The molecule has 0 aliphatic rings. The lowest BCUT2D eigenvalue weighted by molar-refractivity contribution is -0.140. The minimum atomic E-state index is -3.84. The van der Waals surface area contributed by atoms with E-state index in [1.165, 1.54) is 41.3 Å². The first kappa shape index (κ1) is 27.6. The van der Waals surface area contributed by atoms with Crippen LogP contribution in [-0.4, -0.2) is 50.0 Å². The van der Waals surface area contributed by atoms with Crippen molar-refractivity contribution in [3.63, 3.8) is 0 Å². The molecule has 0 fully saturated rings. The van der Waals surface area contributed by atoms with Gasteiger partial charge in [-0.3, -0.25) is 13.9 Å². The number of anilines is 1. The highest BCUT2D eigenvalue weighted by Crippen LogP contribution is 2.23. The Kier molecular flexibility index (Phi) is 9.88. The van der Waals surface area contributed by atoms with Crippen LogP contribution >= 0.6 is 11.6 Å². The average molecular weight is 512 g/mol. The fourth-order valence-corrected chi connectivity index (χ4v) is 4.42. The summed E-state index contributed by atoms with van der Waals surface area (Å²) in [5.74, 6) is -1.32. The molecule has 0 aromatic heterocycles. The minimum Gasteiger partial charge on any atom is -0.352 e. The fraction of sp³-hybridized carbons (Fsp3) is 0.417. The van der Waals surface area contributed by atoms with Crippen LogP contribution in [0.1, 0.15) is 39.2 Å². The van der Waals surface area contributed by atoms with E-state index < -0.39 is 34.3 Å². The van der Waals surface area contributed by atoms with Crippen LogP contribution in [0, 0.1) is 5.82 Å². The largest absolute Gasteiger partial charge is 0.352 e. The average Bonchev–Trinajstić information content (AvgIpc) is 2.77. The van der Waals surface area contributed by atoms with Crippen LogP contribution in [-0.2, 0) is 26.2 Å². The van der Waals surface area contributed by atoms with Crippen LogP contribution in [0.4, 0.5) is 10.1 Å². The Morgan fingerprint density at radius 2 is 1.74 bits per heavy atom. The van der Waals surface area contributed by atoms with Gasteiger partial charge < -0.3 is 10.2 Å². The number of nitrogens with zero attached hydrogens (tertiary/aromatic N) is 2. The molecule has 186 valence electrons. The van der Waals surface area contributed by atoms with Crippen molar-refractivity contribution < 1.29 is 22.4 Å². The van der Waals surface area contributed by atoms with Gasteiger partial charge in [0, 0.05) is 17.6 Å². The summed E-state index contributed by atoms with van der Waals surface area (Å²) in [4.78, 5) is 27.9. The highest BCUT2D eigenvalue weighted by molar-refractivity contribution is 7.92. The second kappa shape index (κ2) is 12.2. The van der Waals surface area contributed by atoms with Crippen molar-refractivity contribution in [1.29, 1.82) is 0 Å². The zero-order valence-electron chi connectivity index (χ0n) is 19.8. The molecule has 0 unspecified atom stereocenters. The van der Waals surface area contributed by atoms with Gasteiger partial charge in [0.05, 0.1) is 11.9 Å². The zero-order chi connectivity index (χ0) is 25.5. The maximum atomic E-state index is 13.5. The Balaban J connectivity index is 2.43. The summed E-state index contributed by atoms with van der Waals surface area (Å²) in [6.07, 6.45) is 2.02. The van der Waals surface area contributed by atoms with Crippen LogP contribution in [0.15, 0.2) is 48.5 Å². The smallest absolute Gasteiger partial charge is 0.244 e. The molecule has 2 aromatic rings. The van der Waals surface area contributed by atoms with Crippen molar-refractivity contribution in [3.8, 4) is 0 Å². The van der Waals surface area contributed by atoms with Gasteiger partial charge in [0.2, 0.25) is 21.8 Å². The van der Waals surface area contributed by atoms with Crippen molar-refractivity contribution in [3.05, 3.63) is 64.9 Å². The molecule has 2 atom stereocenters. The van der Waals surface area contributed by atoms with E-state index in [1.807, 2.05) is 13.8 Å². The van der Waals surface area contributed by atoms with Gasteiger partial charge in [-0.2, -0.15) is 0 Å². The summed E-state index contributed by atoms with van der Waals surface area (Å²) in [5, 5.41) is 3.21. The molecule has 34 heavy (non-hydrogen) atoms. The second-order valence-electron chi connectivity index (χ2n) is 8.14. The second-order valence-corrected chi connectivity index (χ2v) is 10.5. The summed E-state index contributed by atoms with van der Waals surface area (Å²) in [6, 6.07) is 10.8. The zero-order valence-corrected chi connectivity index (χ0v) is 21.4. The molecule has 2 rings (SSSR count). The predicted octanol–water partition coefficient (Wildman–Crippen LogP) is 3.97. The van der Waals surface area contributed by atoms with Gasteiger partial charge in [-0.05, 0) is 55.7 Å². The lowest BCUT2D eigenvalue weighted by atomic mass is 10.1. The van der Waals surface area contributed by atoms with Crippen LogP contribution in [0.2, 0.25) is 5.02 Å². The standard InChI is InChI=1S/C24H31ClFN3O4S/c1-5-17(3)27-24(31)22(6-2)28(15-18-10-12-20(26)13-11-18)23(30)16-29(34(4,32)33)21-9-7-8-19(25)14-21/h7-14,17,22H,5-6,15-16H2,1-4H3,(H,27,31)/t17-,22+/m0/s1. The van der Waals surface area contributed by atoms with E-state index >= 15 is 0 Å². The summed E-state index contributed by atoms with van der Waals surface area (Å²) in [5.41, 5.74) is 0.848. The third-order valence-electron chi connectivity index (χ3n) is 5.43. The van der Waals surface area contributed by atoms with E-state index in [4.69, 9.17) is 11.6 Å². The molecule has 2 aromatic carbocycles. The molecule has 2 amide bonds. The molecule has 1 N–H and O–H groups in total. The molecular formula is C24H31ClFN3O4S. The molecule has 0 heterocycles. The first-order valence-electron chi connectivity index (χ1n) is 11.0. The number of carbonyl (C=O) groups excluding carboxylic acids is 2. The number of hydrogen-bond donors (Lipinski definition) is 1. The Hall–Kier alpha value is -2.65. The number of sulfonamides is 1. The summed E-state index contributed by atoms with van der Waals surface area (Å²) in [7, 11) is -3.84. The highest BCUT2D eigenvalue weighted by Gasteiger charge is 2.32. The van der Waals surface area contributed by atoms with Crippen molar-refractivity contribution in [2.24, 2.45) is 0 Å². The third-order valence-corrected chi connectivity index (χ3v) is 6.80. The van der Waals surface area contributed by atoms with Gasteiger partial charge in [0.15, 0.2) is 0 Å². The Bertz CT molecular complexity index is 1100. The van der Waals surface area contributed by atoms with Crippen LogP contribution in [0.3, 0.4) is 0 Å². The molecule has 0 aliphatic carbocycles. The van der Waals surface area contributed by atoms with Crippen LogP contribution in [0.5, 0.6) is 0 Å². The van der Waals surface area contributed by atoms with Crippen molar-refractivity contribution in [2.45, 2.75) is 52.2 Å². The Morgan fingerprint density at radius 3 is 2.26 bits per heavy atom. The first-order valence-corrected chi connectivity index (χ1v) is 13.3. The van der Waals surface area contributed by atoms with E-state index in [2.05, 4.69) is 5.32 Å². The summed E-state index contributed by atoms with van der Waals surface area (Å²) < 4.78 is 39.5. The molecule has 0 saturated heterocycles. The van der Waals surface area contributed by atoms with Crippen molar-refractivity contribution in [2.75, 3.05) is 17.1 Å². The maximum Gasteiger partial charge on any atom is 0.244 e. The SMILES string of the molecule is CC[C@H](C(=O)N[C@@H](C)CC)N(Cc1ccc(F)cc1)C(=O)CN(c1cccc(Cl)c1)S(C)(=O)=O. The van der Waals surface area contributed by atoms with Gasteiger partial charge in [0.25, 0.3) is 0 Å². The molecule has 0 aliphatic heterocycles. The number of amides is 2. The van der Waals surface area contributed by atoms with E-state index in [0.717, 1.165) is 10.6 Å². The molecule has 0 spiro atoms.